The number of alkyl halides is 2. The number of likely N-dealkylation sites (tertiary alicyclic amines) is 1. The molecule has 0 radical (unpaired) electrons. The standard InChI is InChI=1S/C14H17F2NO/c1-10-3-4-11(2)12(9-10)13(18)17-7-5-14(15,16)6-8-17/h3-4,9H,5-8H2,1-2H3. The van der Waals surface area contributed by atoms with Gasteiger partial charge < -0.3 is 4.90 Å². The van der Waals surface area contributed by atoms with Crippen LogP contribution in [0.2, 0.25) is 0 Å². The lowest BCUT2D eigenvalue weighted by molar-refractivity contribution is -0.0494. The molecule has 0 unspecified atom stereocenters. The minimum absolute atomic E-state index is 0.133. The van der Waals surface area contributed by atoms with E-state index in [-0.39, 0.29) is 31.8 Å². The number of carbonyl (C=O) groups excluding carboxylic acids is 1. The molecule has 4 heteroatoms. The molecule has 1 heterocycles. The van der Waals surface area contributed by atoms with Crippen LogP contribution in [0.5, 0.6) is 0 Å². The third-order valence-corrected chi connectivity index (χ3v) is 3.41. The van der Waals surface area contributed by atoms with Gasteiger partial charge in [-0.05, 0) is 25.5 Å². The number of nitrogens with zero attached hydrogens (tertiary/aromatic N) is 1. The number of piperidine rings is 1. The van der Waals surface area contributed by atoms with Gasteiger partial charge in [-0.25, -0.2) is 8.78 Å². The quantitative estimate of drug-likeness (QED) is 0.752. The minimum Gasteiger partial charge on any atom is -0.338 e. The molecule has 1 amide bonds. The summed E-state index contributed by atoms with van der Waals surface area (Å²) in [6.45, 7) is 4.06. The summed E-state index contributed by atoms with van der Waals surface area (Å²) in [6, 6.07) is 5.65. The molecule has 1 aromatic carbocycles. The Morgan fingerprint density at radius 1 is 1.22 bits per heavy atom. The molecule has 1 fully saturated rings. The first-order valence-corrected chi connectivity index (χ1v) is 6.13. The summed E-state index contributed by atoms with van der Waals surface area (Å²) in [7, 11) is 0. The van der Waals surface area contributed by atoms with Crippen LogP contribution in [0, 0.1) is 13.8 Å². The predicted molar refractivity (Wildman–Crippen MR) is 66.0 cm³/mol. The zero-order valence-electron chi connectivity index (χ0n) is 10.7. The molecule has 0 bridgehead atoms. The van der Waals surface area contributed by atoms with Crippen LogP contribution in [0.15, 0.2) is 18.2 Å². The van der Waals surface area contributed by atoms with E-state index in [2.05, 4.69) is 0 Å². The lowest BCUT2D eigenvalue weighted by Gasteiger charge is -2.32. The second-order valence-corrected chi connectivity index (χ2v) is 4.97. The number of halogens is 2. The Kier molecular flexibility index (Phi) is 3.37. The summed E-state index contributed by atoms with van der Waals surface area (Å²) in [5.41, 5.74) is 2.52. The Labute approximate surface area is 106 Å². The summed E-state index contributed by atoms with van der Waals surface area (Å²) in [4.78, 5) is 13.8. The largest absolute Gasteiger partial charge is 0.338 e. The van der Waals surface area contributed by atoms with E-state index in [9.17, 15) is 13.6 Å². The van der Waals surface area contributed by atoms with Gasteiger partial charge in [0.25, 0.3) is 11.8 Å². The Morgan fingerprint density at radius 2 is 1.83 bits per heavy atom. The number of benzene rings is 1. The molecule has 0 spiro atoms. The zero-order chi connectivity index (χ0) is 13.3. The SMILES string of the molecule is Cc1ccc(C)c(C(=O)N2CCC(F)(F)CC2)c1. The van der Waals surface area contributed by atoms with E-state index in [1.807, 2.05) is 32.0 Å². The average Bonchev–Trinajstić information content (AvgIpc) is 2.31. The highest BCUT2D eigenvalue weighted by Crippen LogP contribution is 2.28. The van der Waals surface area contributed by atoms with Gasteiger partial charge in [0, 0.05) is 31.5 Å². The fourth-order valence-corrected chi connectivity index (χ4v) is 2.17. The lowest BCUT2D eigenvalue weighted by Crippen LogP contribution is -2.42. The van der Waals surface area contributed by atoms with Crippen LogP contribution in [0.3, 0.4) is 0 Å². The second kappa shape index (κ2) is 4.67. The van der Waals surface area contributed by atoms with Crippen molar-refractivity contribution in [1.82, 2.24) is 4.90 Å². The molecule has 1 aliphatic rings. The molecule has 0 aromatic heterocycles. The molecule has 1 aromatic rings. The summed E-state index contributed by atoms with van der Waals surface area (Å²) in [5.74, 6) is -2.75. The fourth-order valence-electron chi connectivity index (χ4n) is 2.17. The summed E-state index contributed by atoms with van der Waals surface area (Å²) in [6.07, 6.45) is -0.465. The molecule has 1 saturated heterocycles. The molecular formula is C14H17F2NO. The Balaban J connectivity index is 2.15. The fraction of sp³-hybridized carbons (Fsp3) is 0.500. The van der Waals surface area contributed by atoms with E-state index in [4.69, 9.17) is 0 Å². The second-order valence-electron chi connectivity index (χ2n) is 4.97. The van der Waals surface area contributed by atoms with Crippen molar-refractivity contribution >= 4 is 5.91 Å². The smallest absolute Gasteiger partial charge is 0.254 e. The lowest BCUT2D eigenvalue weighted by atomic mass is 10.0. The van der Waals surface area contributed by atoms with Gasteiger partial charge in [0.15, 0.2) is 0 Å². The highest BCUT2D eigenvalue weighted by molar-refractivity contribution is 5.95. The number of rotatable bonds is 1. The maximum atomic E-state index is 13.0. The highest BCUT2D eigenvalue weighted by atomic mass is 19.3. The molecule has 0 saturated carbocycles. The van der Waals surface area contributed by atoms with E-state index in [1.54, 1.807) is 0 Å². The maximum Gasteiger partial charge on any atom is 0.254 e. The van der Waals surface area contributed by atoms with Gasteiger partial charge in [-0.2, -0.15) is 0 Å². The Hall–Kier alpha value is -1.45. The van der Waals surface area contributed by atoms with Gasteiger partial charge in [0.1, 0.15) is 0 Å². The maximum absolute atomic E-state index is 13.0. The van der Waals surface area contributed by atoms with Crippen LogP contribution < -0.4 is 0 Å². The van der Waals surface area contributed by atoms with Crippen LogP contribution in [0.1, 0.15) is 34.3 Å². The van der Waals surface area contributed by atoms with Crippen LogP contribution in [0.4, 0.5) is 8.78 Å². The molecule has 98 valence electrons. The van der Waals surface area contributed by atoms with Gasteiger partial charge in [-0.1, -0.05) is 17.7 Å². The van der Waals surface area contributed by atoms with Gasteiger partial charge >= 0.3 is 0 Å². The van der Waals surface area contributed by atoms with Crippen molar-refractivity contribution < 1.29 is 13.6 Å². The normalized spacial score (nSPS) is 18.8. The van der Waals surface area contributed by atoms with Crippen molar-refractivity contribution in [2.24, 2.45) is 0 Å². The van der Waals surface area contributed by atoms with Gasteiger partial charge in [-0.3, -0.25) is 4.79 Å². The topological polar surface area (TPSA) is 20.3 Å². The van der Waals surface area contributed by atoms with Crippen molar-refractivity contribution in [1.29, 1.82) is 0 Å². The van der Waals surface area contributed by atoms with E-state index in [0.29, 0.717) is 5.56 Å². The third kappa shape index (κ3) is 2.68. The minimum atomic E-state index is -2.61. The predicted octanol–water partition coefficient (Wildman–Crippen LogP) is 3.17. The number of hydrogen-bond donors (Lipinski definition) is 0. The number of amides is 1. The third-order valence-electron chi connectivity index (χ3n) is 3.41. The number of hydrogen-bond acceptors (Lipinski definition) is 1. The van der Waals surface area contributed by atoms with Crippen molar-refractivity contribution in [3.8, 4) is 0 Å². The van der Waals surface area contributed by atoms with Crippen LogP contribution >= 0.6 is 0 Å². The zero-order valence-corrected chi connectivity index (χ0v) is 10.7. The molecule has 18 heavy (non-hydrogen) atoms. The summed E-state index contributed by atoms with van der Waals surface area (Å²) < 4.78 is 26.1. The van der Waals surface area contributed by atoms with Gasteiger partial charge in [0.2, 0.25) is 0 Å². The first-order chi connectivity index (χ1) is 8.39. The van der Waals surface area contributed by atoms with E-state index in [1.165, 1.54) is 4.90 Å². The Bertz CT molecular complexity index is 461. The van der Waals surface area contributed by atoms with Crippen LogP contribution in [-0.4, -0.2) is 29.8 Å². The van der Waals surface area contributed by atoms with E-state index >= 15 is 0 Å². The molecule has 0 atom stereocenters. The van der Waals surface area contributed by atoms with Crippen molar-refractivity contribution in [2.45, 2.75) is 32.6 Å². The molecule has 2 rings (SSSR count). The van der Waals surface area contributed by atoms with Crippen molar-refractivity contribution in [3.05, 3.63) is 34.9 Å². The monoisotopic (exact) mass is 253 g/mol. The first kappa shape index (κ1) is 13.0. The first-order valence-electron chi connectivity index (χ1n) is 6.13. The van der Waals surface area contributed by atoms with Crippen LogP contribution in [0.25, 0.3) is 0 Å². The van der Waals surface area contributed by atoms with E-state index < -0.39 is 5.92 Å². The van der Waals surface area contributed by atoms with Crippen molar-refractivity contribution in [3.63, 3.8) is 0 Å². The Morgan fingerprint density at radius 3 is 2.44 bits per heavy atom. The van der Waals surface area contributed by atoms with Crippen LogP contribution in [-0.2, 0) is 0 Å². The highest BCUT2D eigenvalue weighted by Gasteiger charge is 2.35. The number of carbonyl (C=O) groups is 1. The average molecular weight is 253 g/mol. The molecular weight excluding hydrogens is 236 g/mol. The number of aryl methyl sites for hydroxylation is 2. The molecule has 0 aliphatic carbocycles. The van der Waals surface area contributed by atoms with Gasteiger partial charge in [-0.15, -0.1) is 0 Å². The summed E-state index contributed by atoms with van der Waals surface area (Å²) in [5, 5.41) is 0. The van der Waals surface area contributed by atoms with Crippen molar-refractivity contribution in [2.75, 3.05) is 13.1 Å². The summed E-state index contributed by atoms with van der Waals surface area (Å²) >= 11 is 0. The molecule has 1 aliphatic heterocycles. The molecule has 0 N–H and O–H groups in total. The van der Waals surface area contributed by atoms with E-state index in [0.717, 1.165) is 11.1 Å². The molecule has 2 nitrogen and oxygen atoms in total. The van der Waals surface area contributed by atoms with Gasteiger partial charge in [0.05, 0.1) is 0 Å².